The predicted molar refractivity (Wildman–Crippen MR) is 70.0 cm³/mol. The van der Waals surface area contributed by atoms with Crippen molar-refractivity contribution >= 4 is 0 Å². The average Bonchev–Trinajstić information content (AvgIpc) is 2.25. The van der Waals surface area contributed by atoms with E-state index in [2.05, 4.69) is 30.6 Å². The molecule has 0 aromatic rings. The number of alkyl halides is 1. The van der Waals surface area contributed by atoms with Gasteiger partial charge in [0.1, 0.15) is 5.67 Å². The zero-order chi connectivity index (χ0) is 12.5. The van der Waals surface area contributed by atoms with Crippen LogP contribution in [-0.2, 0) is 0 Å². The highest BCUT2D eigenvalue weighted by Crippen LogP contribution is 2.35. The van der Waals surface area contributed by atoms with E-state index in [0.717, 1.165) is 13.0 Å². The number of likely N-dealkylation sites (tertiary alicyclic amines) is 2. The van der Waals surface area contributed by atoms with Crippen LogP contribution in [0, 0.1) is 5.92 Å². The Balaban J connectivity index is 1.73. The van der Waals surface area contributed by atoms with Crippen molar-refractivity contribution in [2.24, 2.45) is 5.92 Å². The molecule has 0 spiro atoms. The van der Waals surface area contributed by atoms with Gasteiger partial charge >= 0.3 is 0 Å². The van der Waals surface area contributed by atoms with Gasteiger partial charge in [-0.1, -0.05) is 20.8 Å². The third-order valence-electron chi connectivity index (χ3n) is 4.27. The van der Waals surface area contributed by atoms with E-state index < -0.39 is 5.67 Å². The van der Waals surface area contributed by atoms with Crippen molar-refractivity contribution in [2.45, 2.75) is 51.7 Å². The Morgan fingerprint density at radius 2 is 1.82 bits per heavy atom. The number of rotatable bonds is 4. The first-order valence-corrected chi connectivity index (χ1v) is 7.18. The normalized spacial score (nSPS) is 27.4. The van der Waals surface area contributed by atoms with E-state index in [-0.39, 0.29) is 0 Å². The molecule has 3 heteroatoms. The molecule has 2 saturated heterocycles. The lowest BCUT2D eigenvalue weighted by Crippen LogP contribution is -2.63. The lowest BCUT2D eigenvalue weighted by atomic mass is 9.84. The zero-order valence-electron chi connectivity index (χ0n) is 11.6. The molecule has 2 fully saturated rings. The van der Waals surface area contributed by atoms with Crippen LogP contribution < -0.4 is 0 Å². The third-order valence-corrected chi connectivity index (χ3v) is 4.27. The minimum Gasteiger partial charge on any atom is -0.303 e. The molecule has 0 aromatic heterocycles. The minimum absolute atomic E-state index is 0.476. The second-order valence-corrected chi connectivity index (χ2v) is 6.32. The summed E-state index contributed by atoms with van der Waals surface area (Å²) < 4.78 is 14.3. The molecule has 0 radical (unpaired) electrons. The molecule has 0 amide bonds. The van der Waals surface area contributed by atoms with Crippen molar-refractivity contribution < 1.29 is 4.39 Å². The number of halogens is 1. The molecule has 0 N–H and O–H groups in total. The van der Waals surface area contributed by atoms with Gasteiger partial charge in [0.25, 0.3) is 0 Å². The van der Waals surface area contributed by atoms with Gasteiger partial charge in [0.15, 0.2) is 0 Å². The molecule has 2 heterocycles. The van der Waals surface area contributed by atoms with E-state index in [9.17, 15) is 4.39 Å². The Morgan fingerprint density at radius 1 is 1.24 bits per heavy atom. The van der Waals surface area contributed by atoms with E-state index in [1.807, 2.05) is 0 Å². The third kappa shape index (κ3) is 3.19. The van der Waals surface area contributed by atoms with Crippen LogP contribution >= 0.6 is 0 Å². The summed E-state index contributed by atoms with van der Waals surface area (Å²) in [5.41, 5.74) is -0.879. The molecule has 0 aromatic carbocycles. The molecule has 0 bridgehead atoms. The molecule has 0 atom stereocenters. The van der Waals surface area contributed by atoms with Crippen LogP contribution in [0.15, 0.2) is 0 Å². The van der Waals surface area contributed by atoms with Crippen LogP contribution in [-0.4, -0.2) is 54.2 Å². The molecule has 2 aliphatic rings. The van der Waals surface area contributed by atoms with Crippen LogP contribution in [0.1, 0.15) is 40.0 Å². The van der Waals surface area contributed by atoms with Crippen molar-refractivity contribution in [2.75, 3.05) is 32.7 Å². The standard InChI is InChI=1S/C14H27FN2/c1-4-16-7-5-13(6-8-16)17-10-14(15,11-17)9-12(2)3/h12-13H,4-11H2,1-3H3. The summed E-state index contributed by atoms with van der Waals surface area (Å²) in [6, 6.07) is 0.647. The first-order valence-electron chi connectivity index (χ1n) is 7.18. The number of hydrogen-bond donors (Lipinski definition) is 0. The SMILES string of the molecule is CCN1CCC(N2CC(F)(CC(C)C)C2)CC1. The van der Waals surface area contributed by atoms with E-state index in [0.29, 0.717) is 25.0 Å². The maximum Gasteiger partial charge on any atom is 0.136 e. The van der Waals surface area contributed by atoms with Crippen LogP contribution in [0.5, 0.6) is 0 Å². The molecule has 2 aliphatic heterocycles. The fraction of sp³-hybridized carbons (Fsp3) is 1.00. The maximum atomic E-state index is 14.3. The highest BCUT2D eigenvalue weighted by Gasteiger charge is 2.46. The van der Waals surface area contributed by atoms with Gasteiger partial charge in [0, 0.05) is 19.1 Å². The van der Waals surface area contributed by atoms with Gasteiger partial charge < -0.3 is 4.90 Å². The van der Waals surface area contributed by atoms with E-state index >= 15 is 0 Å². The minimum atomic E-state index is -0.879. The predicted octanol–water partition coefficient (Wildman–Crippen LogP) is 2.54. The molecule has 2 rings (SSSR count). The summed E-state index contributed by atoms with van der Waals surface area (Å²) in [6.45, 7) is 11.4. The van der Waals surface area contributed by atoms with E-state index in [4.69, 9.17) is 0 Å². The van der Waals surface area contributed by atoms with Gasteiger partial charge in [-0.3, -0.25) is 4.90 Å². The van der Waals surface area contributed by atoms with Gasteiger partial charge in [-0.25, -0.2) is 4.39 Å². The molecule has 0 aliphatic carbocycles. The maximum absolute atomic E-state index is 14.3. The average molecular weight is 242 g/mol. The summed E-state index contributed by atoms with van der Waals surface area (Å²) in [5.74, 6) is 0.476. The van der Waals surface area contributed by atoms with Crippen molar-refractivity contribution in [3.05, 3.63) is 0 Å². The van der Waals surface area contributed by atoms with E-state index in [1.165, 1.54) is 25.9 Å². The fourth-order valence-electron chi connectivity index (χ4n) is 3.40. The molecule has 0 unspecified atom stereocenters. The quantitative estimate of drug-likeness (QED) is 0.747. The highest BCUT2D eigenvalue weighted by atomic mass is 19.1. The fourth-order valence-corrected chi connectivity index (χ4v) is 3.40. The number of nitrogens with zero attached hydrogens (tertiary/aromatic N) is 2. The Hall–Kier alpha value is -0.150. The number of hydrogen-bond acceptors (Lipinski definition) is 2. The van der Waals surface area contributed by atoms with Crippen molar-refractivity contribution in [3.63, 3.8) is 0 Å². The first kappa shape index (κ1) is 13.3. The van der Waals surface area contributed by atoms with Gasteiger partial charge in [0.2, 0.25) is 0 Å². The Bertz CT molecular complexity index is 241. The molecule has 100 valence electrons. The van der Waals surface area contributed by atoms with E-state index in [1.54, 1.807) is 0 Å². The molecular weight excluding hydrogens is 215 g/mol. The summed E-state index contributed by atoms with van der Waals surface area (Å²) >= 11 is 0. The lowest BCUT2D eigenvalue weighted by Gasteiger charge is -2.51. The summed E-state index contributed by atoms with van der Waals surface area (Å²) in [5, 5.41) is 0. The Labute approximate surface area is 105 Å². The van der Waals surface area contributed by atoms with Gasteiger partial charge in [-0.2, -0.15) is 0 Å². The summed E-state index contributed by atoms with van der Waals surface area (Å²) in [7, 11) is 0. The largest absolute Gasteiger partial charge is 0.303 e. The Morgan fingerprint density at radius 3 is 2.29 bits per heavy atom. The van der Waals surface area contributed by atoms with Crippen LogP contribution in [0.25, 0.3) is 0 Å². The highest BCUT2D eigenvalue weighted by molar-refractivity contribution is 5.00. The topological polar surface area (TPSA) is 6.48 Å². The lowest BCUT2D eigenvalue weighted by molar-refractivity contribution is -0.0793. The first-order chi connectivity index (χ1) is 8.02. The molecule has 0 saturated carbocycles. The van der Waals surface area contributed by atoms with Crippen molar-refractivity contribution in [3.8, 4) is 0 Å². The molecule has 2 nitrogen and oxygen atoms in total. The van der Waals surface area contributed by atoms with Crippen LogP contribution in [0.4, 0.5) is 4.39 Å². The van der Waals surface area contributed by atoms with Crippen LogP contribution in [0.3, 0.4) is 0 Å². The zero-order valence-corrected chi connectivity index (χ0v) is 11.6. The van der Waals surface area contributed by atoms with Crippen LogP contribution in [0.2, 0.25) is 0 Å². The second-order valence-electron chi connectivity index (χ2n) is 6.32. The monoisotopic (exact) mass is 242 g/mol. The second kappa shape index (κ2) is 5.23. The molecule has 17 heavy (non-hydrogen) atoms. The van der Waals surface area contributed by atoms with Crippen molar-refractivity contribution in [1.29, 1.82) is 0 Å². The smallest absolute Gasteiger partial charge is 0.136 e. The van der Waals surface area contributed by atoms with Gasteiger partial charge in [0.05, 0.1) is 0 Å². The van der Waals surface area contributed by atoms with Gasteiger partial charge in [-0.05, 0) is 44.8 Å². The Kier molecular flexibility index (Phi) is 4.09. The molecular formula is C14H27FN2. The van der Waals surface area contributed by atoms with Gasteiger partial charge in [-0.15, -0.1) is 0 Å². The van der Waals surface area contributed by atoms with Crippen molar-refractivity contribution in [1.82, 2.24) is 9.80 Å². The summed E-state index contributed by atoms with van der Waals surface area (Å²) in [6.07, 6.45) is 3.19. The summed E-state index contributed by atoms with van der Waals surface area (Å²) in [4.78, 5) is 4.86. The number of piperidine rings is 1.